The lowest BCUT2D eigenvalue weighted by Gasteiger charge is -2.48. The molecular formula is C61H61NO6S. The highest BCUT2D eigenvalue weighted by molar-refractivity contribution is 7.18. The Kier molecular flexibility index (Phi) is 10.0. The molecule has 0 bridgehead atoms. The molecule has 7 nitrogen and oxygen atoms in total. The summed E-state index contributed by atoms with van der Waals surface area (Å²) in [4.78, 5) is 32.3. The molecular weight excluding hydrogens is 875 g/mol. The second kappa shape index (κ2) is 15.3. The quantitative estimate of drug-likeness (QED) is 0.154. The van der Waals surface area contributed by atoms with Crippen LogP contribution in [0.4, 0.5) is 5.69 Å². The summed E-state index contributed by atoms with van der Waals surface area (Å²) >= 11 is 1.64. The molecule has 3 aliphatic rings. The van der Waals surface area contributed by atoms with Gasteiger partial charge in [0, 0.05) is 57.0 Å². The normalized spacial score (nSPS) is 16.6. The van der Waals surface area contributed by atoms with Crippen LogP contribution in [0.3, 0.4) is 0 Å². The lowest BCUT2D eigenvalue weighted by atomic mass is 9.69. The molecule has 11 rings (SSSR count). The Balaban J connectivity index is 0.908. The minimum absolute atomic E-state index is 0.0297. The number of nitrogens with zero attached hydrogens (tertiary/aromatic N) is 1. The van der Waals surface area contributed by atoms with E-state index in [1.54, 1.807) is 17.4 Å². The second-order valence-corrected chi connectivity index (χ2v) is 24.5. The first-order valence-electron chi connectivity index (χ1n) is 24.4. The number of ether oxygens (including phenoxy) is 2. The van der Waals surface area contributed by atoms with Crippen molar-refractivity contribution in [1.82, 2.24) is 0 Å². The summed E-state index contributed by atoms with van der Waals surface area (Å²) in [5.41, 5.74) is 12.9. The molecule has 8 aromatic rings. The van der Waals surface area contributed by atoms with Crippen molar-refractivity contribution in [2.75, 3.05) is 18.0 Å². The summed E-state index contributed by atoms with van der Waals surface area (Å²) in [7, 11) is 0. The smallest absolute Gasteiger partial charge is 0.345 e. The van der Waals surface area contributed by atoms with Gasteiger partial charge in [-0.2, -0.15) is 0 Å². The highest BCUT2D eigenvalue weighted by atomic mass is 32.1. The molecule has 5 aromatic carbocycles. The van der Waals surface area contributed by atoms with E-state index < -0.39 is 16.8 Å². The lowest BCUT2D eigenvalue weighted by molar-refractivity contribution is 0.122. The Morgan fingerprint density at radius 1 is 0.565 bits per heavy atom. The Morgan fingerprint density at radius 3 is 1.90 bits per heavy atom. The molecule has 0 fully saturated rings. The van der Waals surface area contributed by atoms with E-state index in [0.717, 1.165) is 68.9 Å². The predicted octanol–water partition coefficient (Wildman–Crippen LogP) is 15.5. The van der Waals surface area contributed by atoms with E-state index in [0.29, 0.717) is 33.6 Å². The summed E-state index contributed by atoms with van der Waals surface area (Å²) in [5.74, 6) is 1.16. The van der Waals surface area contributed by atoms with E-state index in [1.165, 1.54) is 39.1 Å². The highest BCUT2D eigenvalue weighted by Crippen LogP contribution is 2.54. The van der Waals surface area contributed by atoms with Gasteiger partial charge in [-0.3, -0.25) is 0 Å². The second-order valence-electron chi connectivity index (χ2n) is 23.4. The first kappa shape index (κ1) is 45.1. The molecule has 0 unspecified atom stereocenters. The number of fused-ring (bicyclic) bond motifs is 6. The van der Waals surface area contributed by atoms with E-state index in [-0.39, 0.29) is 21.9 Å². The van der Waals surface area contributed by atoms with Crippen LogP contribution in [-0.2, 0) is 16.2 Å². The summed E-state index contributed by atoms with van der Waals surface area (Å²) in [6.07, 6.45) is 2.12. The zero-order valence-electron chi connectivity index (χ0n) is 41.9. The summed E-state index contributed by atoms with van der Waals surface area (Å²) in [6.45, 7) is 27.9. The van der Waals surface area contributed by atoms with Crippen molar-refractivity contribution in [2.45, 2.75) is 123 Å². The van der Waals surface area contributed by atoms with Crippen LogP contribution in [0.1, 0.15) is 118 Å². The SMILES string of the molecule is CC(C)(C)Oc1cc(OC(C)(C)C)c2cc(-c3cccc(-c4ccc5c(c4)C(C)(C)c4cc(-c6ccc(-c7cc8cc9c%10c(c8oc7=O)C(C)(C)CCN%10CCC9(C)C)s6)ccc4-5)c3)c(=O)oc2c1. The van der Waals surface area contributed by atoms with Gasteiger partial charge in [-0.1, -0.05) is 84.0 Å². The number of hydrogen-bond donors (Lipinski definition) is 0. The maximum Gasteiger partial charge on any atom is 0.345 e. The first-order valence-corrected chi connectivity index (χ1v) is 25.2. The molecule has 0 N–H and O–H groups in total. The van der Waals surface area contributed by atoms with E-state index in [1.807, 2.05) is 65.8 Å². The molecule has 0 spiro atoms. The van der Waals surface area contributed by atoms with Gasteiger partial charge in [0.2, 0.25) is 0 Å². The van der Waals surface area contributed by atoms with E-state index in [4.69, 9.17) is 18.3 Å². The Labute approximate surface area is 408 Å². The third kappa shape index (κ3) is 7.70. The van der Waals surface area contributed by atoms with Crippen molar-refractivity contribution >= 4 is 39.0 Å². The van der Waals surface area contributed by atoms with E-state index in [2.05, 4.69) is 119 Å². The van der Waals surface area contributed by atoms with Crippen LogP contribution in [-0.4, -0.2) is 24.3 Å². The molecule has 0 atom stereocenters. The molecule has 5 heterocycles. The molecule has 0 saturated heterocycles. The third-order valence-corrected chi connectivity index (χ3v) is 15.9. The van der Waals surface area contributed by atoms with Crippen LogP contribution >= 0.6 is 11.3 Å². The van der Waals surface area contributed by atoms with Crippen molar-refractivity contribution in [3.63, 3.8) is 0 Å². The monoisotopic (exact) mass is 935 g/mol. The van der Waals surface area contributed by atoms with Gasteiger partial charge in [0.1, 0.15) is 33.9 Å². The fourth-order valence-electron chi connectivity index (χ4n) is 11.1. The molecule has 1 aliphatic carbocycles. The lowest BCUT2D eigenvalue weighted by Crippen LogP contribution is -2.44. The molecule has 2 aliphatic heterocycles. The van der Waals surface area contributed by atoms with Crippen molar-refractivity contribution in [2.24, 2.45) is 0 Å². The van der Waals surface area contributed by atoms with Crippen LogP contribution in [0.25, 0.3) is 76.2 Å². The van der Waals surface area contributed by atoms with Crippen molar-refractivity contribution < 1.29 is 18.3 Å². The zero-order chi connectivity index (χ0) is 48.7. The van der Waals surface area contributed by atoms with Gasteiger partial charge in [-0.15, -0.1) is 11.3 Å². The number of hydrogen-bond acceptors (Lipinski definition) is 8. The van der Waals surface area contributed by atoms with Gasteiger partial charge in [-0.05, 0) is 164 Å². The van der Waals surface area contributed by atoms with E-state index in [9.17, 15) is 9.59 Å². The fourth-order valence-corrected chi connectivity index (χ4v) is 12.1. The predicted molar refractivity (Wildman–Crippen MR) is 284 cm³/mol. The number of benzene rings is 5. The molecule has 0 radical (unpaired) electrons. The average Bonchev–Trinajstić information content (AvgIpc) is 3.84. The molecule has 69 heavy (non-hydrogen) atoms. The molecule has 0 amide bonds. The summed E-state index contributed by atoms with van der Waals surface area (Å²) in [5, 5.41) is 1.70. The minimum Gasteiger partial charge on any atom is -0.488 e. The Hall–Kier alpha value is -6.38. The van der Waals surface area contributed by atoms with Gasteiger partial charge in [-0.25, -0.2) is 9.59 Å². The summed E-state index contributed by atoms with van der Waals surface area (Å²) in [6, 6.07) is 35.7. The molecule has 352 valence electrons. The fraction of sp³-hybridized carbons (Fsp3) is 0.344. The van der Waals surface area contributed by atoms with E-state index >= 15 is 0 Å². The van der Waals surface area contributed by atoms with Crippen molar-refractivity contribution in [3.05, 3.63) is 146 Å². The van der Waals surface area contributed by atoms with Gasteiger partial charge < -0.3 is 23.2 Å². The van der Waals surface area contributed by atoms with Crippen molar-refractivity contribution in [3.8, 4) is 65.8 Å². The Morgan fingerprint density at radius 2 is 1.19 bits per heavy atom. The number of anilines is 1. The average molecular weight is 936 g/mol. The van der Waals surface area contributed by atoms with Crippen LogP contribution in [0.5, 0.6) is 11.5 Å². The standard InChI is InChI=1S/C61H61NO6S/c1-57(2,3)67-39-31-48-43(49(32-39)68-58(4,5)6)33-42(55(63)65-48)36-15-13-14-34(26-36)35-16-18-40-41-19-17-37(29-46(41)61(11,12)45(40)28-35)50-20-21-51(69-50)44-27-38-30-47-53-52(54(38)66-56(44)64)60(9,10)23-25-62(53)24-22-59(47,7)8/h13-21,26-33H,22-25H2,1-12H3. The maximum atomic E-state index is 14.0. The largest absolute Gasteiger partial charge is 0.488 e. The molecule has 3 aromatic heterocycles. The topological polar surface area (TPSA) is 82.1 Å². The first-order chi connectivity index (χ1) is 32.4. The number of thiophene rings is 1. The molecule has 8 heteroatoms. The van der Waals surface area contributed by atoms with Gasteiger partial charge >= 0.3 is 11.3 Å². The van der Waals surface area contributed by atoms with Gasteiger partial charge in [0.15, 0.2) is 0 Å². The van der Waals surface area contributed by atoms with Crippen LogP contribution in [0, 0.1) is 0 Å². The maximum absolute atomic E-state index is 14.0. The van der Waals surface area contributed by atoms with Crippen LogP contribution < -0.4 is 25.6 Å². The van der Waals surface area contributed by atoms with Crippen LogP contribution in [0.2, 0.25) is 0 Å². The van der Waals surface area contributed by atoms with Crippen LogP contribution in [0.15, 0.2) is 122 Å². The van der Waals surface area contributed by atoms with Gasteiger partial charge in [0.05, 0.1) is 16.5 Å². The highest BCUT2D eigenvalue weighted by Gasteiger charge is 2.42. The van der Waals surface area contributed by atoms with Gasteiger partial charge in [0.25, 0.3) is 0 Å². The molecule has 0 saturated carbocycles. The van der Waals surface area contributed by atoms with Crippen molar-refractivity contribution in [1.29, 1.82) is 0 Å². The third-order valence-electron chi connectivity index (χ3n) is 14.7. The zero-order valence-corrected chi connectivity index (χ0v) is 42.8. The number of rotatable bonds is 6. The Bertz CT molecular complexity index is 3570. The minimum atomic E-state index is -0.494. The summed E-state index contributed by atoms with van der Waals surface area (Å²) < 4.78 is 25.0.